The number of hydrogen-bond acceptors (Lipinski definition) is 6. The van der Waals surface area contributed by atoms with Crippen molar-refractivity contribution in [1.29, 1.82) is 0 Å². The first kappa shape index (κ1) is 34.4. The van der Waals surface area contributed by atoms with E-state index in [0.29, 0.717) is 35.9 Å². The van der Waals surface area contributed by atoms with Crippen LogP contribution in [0.1, 0.15) is 57.4 Å². The molecule has 0 aliphatic heterocycles. The monoisotopic (exact) mass is 693 g/mol. The molecule has 11 heteroatoms. The average molecular weight is 694 g/mol. The topological polar surface area (TPSA) is 108 Å². The molecule has 0 unspecified atom stereocenters. The van der Waals surface area contributed by atoms with Crippen LogP contribution in [0.15, 0.2) is 127 Å². The van der Waals surface area contributed by atoms with E-state index in [0.717, 1.165) is 16.7 Å². The third-order valence-electron chi connectivity index (χ3n) is 9.44. The summed E-state index contributed by atoms with van der Waals surface area (Å²) < 4.78 is 7.14. The highest BCUT2D eigenvalue weighted by molar-refractivity contribution is 5.81. The lowest BCUT2D eigenvalue weighted by atomic mass is 9.77. The van der Waals surface area contributed by atoms with Crippen molar-refractivity contribution >= 4 is 11.6 Å². The van der Waals surface area contributed by atoms with Crippen LogP contribution in [0.5, 0.6) is 0 Å². The Morgan fingerprint density at radius 2 is 1.38 bits per heavy atom. The molecule has 1 amide bonds. The summed E-state index contributed by atoms with van der Waals surface area (Å²) in [5.41, 5.74) is 3.81. The van der Waals surface area contributed by atoms with Gasteiger partial charge in [-0.1, -0.05) is 112 Å². The van der Waals surface area contributed by atoms with Gasteiger partial charge in [0, 0.05) is 37.4 Å². The van der Waals surface area contributed by atoms with Crippen molar-refractivity contribution in [3.8, 4) is 22.8 Å². The van der Waals surface area contributed by atoms with E-state index >= 15 is 0 Å². The van der Waals surface area contributed by atoms with Crippen LogP contribution < -0.4 is 5.56 Å². The fraction of sp³-hybridized carbons (Fsp3) is 0.268. The van der Waals surface area contributed by atoms with Gasteiger partial charge in [-0.25, -0.2) is 14.5 Å². The first-order valence-corrected chi connectivity index (χ1v) is 17.5. The smallest absolute Gasteiger partial charge is 0.297 e. The Morgan fingerprint density at radius 1 is 0.808 bits per heavy atom. The number of benzene rings is 3. The van der Waals surface area contributed by atoms with E-state index in [1.54, 1.807) is 38.1 Å². The minimum Gasteiger partial charge on any atom is -0.343 e. The van der Waals surface area contributed by atoms with Crippen molar-refractivity contribution in [2.24, 2.45) is 5.41 Å². The lowest BCUT2D eigenvalue weighted by Crippen LogP contribution is -2.38. The van der Waals surface area contributed by atoms with Crippen molar-refractivity contribution < 1.29 is 4.79 Å². The Labute approximate surface area is 302 Å². The summed E-state index contributed by atoms with van der Waals surface area (Å²) in [5, 5.41) is 9.59. The SMILES string of the molecule is CC(C)n1c(-c2cnn(CCN(C)C(=O)C(C)(C)C)c2)nn2c(-c3cn(C(c4ccccc4)(c4ccccc4)c4ccccc4)cn3)cnc2c1=O. The second-order valence-corrected chi connectivity index (χ2v) is 14.4. The first-order valence-electron chi connectivity index (χ1n) is 17.5. The number of amides is 1. The number of fused-ring (bicyclic) bond motifs is 1. The summed E-state index contributed by atoms with van der Waals surface area (Å²) in [6.07, 6.45) is 9.06. The summed E-state index contributed by atoms with van der Waals surface area (Å²) >= 11 is 0. The summed E-state index contributed by atoms with van der Waals surface area (Å²) in [4.78, 5) is 38.0. The van der Waals surface area contributed by atoms with Gasteiger partial charge in [0.25, 0.3) is 5.56 Å². The van der Waals surface area contributed by atoms with Crippen molar-refractivity contribution in [3.63, 3.8) is 0 Å². The molecule has 7 aromatic rings. The van der Waals surface area contributed by atoms with Crippen molar-refractivity contribution in [2.75, 3.05) is 13.6 Å². The quantitative estimate of drug-likeness (QED) is 0.151. The molecule has 7 rings (SSSR count). The Kier molecular flexibility index (Phi) is 8.95. The summed E-state index contributed by atoms with van der Waals surface area (Å²) in [6.45, 7) is 10.6. The van der Waals surface area contributed by atoms with Gasteiger partial charge >= 0.3 is 0 Å². The highest BCUT2D eigenvalue weighted by Crippen LogP contribution is 2.41. The molecule has 0 bridgehead atoms. The number of rotatable bonds is 10. The molecule has 11 nitrogen and oxygen atoms in total. The van der Waals surface area contributed by atoms with Crippen LogP contribution in [0.3, 0.4) is 0 Å². The molecule has 0 aliphatic carbocycles. The lowest BCUT2D eigenvalue weighted by molar-refractivity contribution is -0.138. The van der Waals surface area contributed by atoms with E-state index in [4.69, 9.17) is 10.1 Å². The molecule has 4 aromatic heterocycles. The van der Waals surface area contributed by atoms with Gasteiger partial charge in [0.2, 0.25) is 11.6 Å². The second-order valence-electron chi connectivity index (χ2n) is 14.4. The van der Waals surface area contributed by atoms with E-state index in [-0.39, 0.29) is 23.2 Å². The predicted octanol–water partition coefficient (Wildman–Crippen LogP) is 6.54. The Bertz CT molecular complexity index is 2280. The molecule has 52 heavy (non-hydrogen) atoms. The Hall–Kier alpha value is -6.10. The van der Waals surface area contributed by atoms with Crippen LogP contribution in [-0.4, -0.2) is 62.9 Å². The fourth-order valence-electron chi connectivity index (χ4n) is 6.94. The zero-order valence-electron chi connectivity index (χ0n) is 30.4. The second kappa shape index (κ2) is 13.6. The molecular formula is C41H43N9O2. The number of likely N-dealkylation sites (N-methyl/N-ethyl adjacent to an activating group) is 1. The number of aromatic nitrogens is 8. The maximum atomic E-state index is 14.1. The van der Waals surface area contributed by atoms with Gasteiger partial charge in [-0.2, -0.15) is 5.10 Å². The summed E-state index contributed by atoms with van der Waals surface area (Å²) in [6, 6.07) is 31.0. The molecule has 0 saturated carbocycles. The zero-order valence-corrected chi connectivity index (χ0v) is 30.4. The highest BCUT2D eigenvalue weighted by atomic mass is 16.2. The maximum absolute atomic E-state index is 14.1. The van der Waals surface area contributed by atoms with E-state index < -0.39 is 11.0 Å². The third-order valence-corrected chi connectivity index (χ3v) is 9.44. The molecule has 0 fully saturated rings. The molecule has 0 N–H and O–H groups in total. The van der Waals surface area contributed by atoms with Gasteiger partial charge in [0.1, 0.15) is 16.9 Å². The minimum absolute atomic E-state index is 0.0595. The molecule has 4 heterocycles. The van der Waals surface area contributed by atoms with E-state index in [2.05, 4.69) is 87.4 Å². The van der Waals surface area contributed by atoms with Gasteiger partial charge in [-0.3, -0.25) is 18.8 Å². The normalized spacial score (nSPS) is 12.1. The van der Waals surface area contributed by atoms with Crippen LogP contribution in [0.25, 0.3) is 28.4 Å². The number of imidazole rings is 2. The highest BCUT2D eigenvalue weighted by Gasteiger charge is 2.38. The molecule has 0 atom stereocenters. The lowest BCUT2D eigenvalue weighted by Gasteiger charge is -2.37. The van der Waals surface area contributed by atoms with E-state index in [1.165, 1.54) is 0 Å². The third kappa shape index (κ3) is 6.01. The summed E-state index contributed by atoms with van der Waals surface area (Å²) in [5.74, 6) is 0.521. The molecule has 264 valence electrons. The van der Waals surface area contributed by atoms with Crippen LogP contribution >= 0.6 is 0 Å². The molecular weight excluding hydrogens is 651 g/mol. The summed E-state index contributed by atoms with van der Waals surface area (Å²) in [7, 11) is 1.80. The average Bonchev–Trinajstić information content (AvgIpc) is 3.92. The maximum Gasteiger partial charge on any atom is 0.297 e. The Morgan fingerprint density at radius 3 is 1.92 bits per heavy atom. The molecule has 0 saturated heterocycles. The molecule has 0 spiro atoms. The standard InChI is InChI=1S/C41H43N9O2/c1-29(2)49-36(30-24-44-48(26-30)23-22-46(6)39(52)40(3,4)5)45-50-35(25-42-37(50)38(49)51)34-27-47(28-43-34)41(31-16-10-7-11-17-31,32-18-12-8-13-19-32)33-20-14-9-15-21-33/h7-21,24-29H,22-23H2,1-6H3. The Balaban J connectivity index is 1.33. The van der Waals surface area contributed by atoms with Crippen molar-refractivity contribution in [2.45, 2.75) is 52.7 Å². The minimum atomic E-state index is -0.751. The molecule has 0 aliphatic rings. The molecule has 0 radical (unpaired) electrons. The number of carbonyl (C=O) groups excluding carboxylic acids is 1. The number of carbonyl (C=O) groups is 1. The largest absolute Gasteiger partial charge is 0.343 e. The van der Waals surface area contributed by atoms with Crippen LogP contribution in [0.2, 0.25) is 0 Å². The van der Waals surface area contributed by atoms with Gasteiger partial charge < -0.3 is 9.47 Å². The number of hydrogen-bond donors (Lipinski definition) is 0. The first-order chi connectivity index (χ1) is 25.0. The predicted molar refractivity (Wildman–Crippen MR) is 202 cm³/mol. The zero-order chi connectivity index (χ0) is 36.6. The van der Waals surface area contributed by atoms with Crippen molar-refractivity contribution in [1.82, 2.24) is 43.4 Å². The van der Waals surface area contributed by atoms with Crippen LogP contribution in [0, 0.1) is 5.41 Å². The fourth-order valence-corrected chi connectivity index (χ4v) is 6.94. The van der Waals surface area contributed by atoms with Gasteiger partial charge in [0.05, 0.1) is 30.8 Å². The van der Waals surface area contributed by atoms with Gasteiger partial charge in [0.15, 0.2) is 5.82 Å². The van der Waals surface area contributed by atoms with Gasteiger partial charge in [-0.05, 0) is 30.5 Å². The van der Waals surface area contributed by atoms with Crippen LogP contribution in [0.4, 0.5) is 0 Å². The number of nitrogens with zero attached hydrogens (tertiary/aromatic N) is 9. The van der Waals surface area contributed by atoms with Gasteiger partial charge in [-0.15, -0.1) is 5.10 Å². The van der Waals surface area contributed by atoms with E-state index in [9.17, 15) is 9.59 Å². The van der Waals surface area contributed by atoms with E-state index in [1.807, 2.05) is 71.5 Å². The van der Waals surface area contributed by atoms with Crippen LogP contribution in [-0.2, 0) is 16.9 Å². The van der Waals surface area contributed by atoms with Crippen molar-refractivity contribution in [3.05, 3.63) is 149 Å². The molecule has 3 aromatic carbocycles.